The molecule has 0 saturated carbocycles. The molecule has 19 heavy (non-hydrogen) atoms. The molecule has 2 rings (SSSR count). The number of nitrogens with two attached hydrogens (primary N) is 1. The summed E-state index contributed by atoms with van der Waals surface area (Å²) in [6, 6.07) is 10.2. The number of hydrogen-bond donors (Lipinski definition) is 1. The lowest BCUT2D eigenvalue weighted by Crippen LogP contribution is -2.49. The van der Waals surface area contributed by atoms with E-state index in [2.05, 4.69) is 24.3 Å². The van der Waals surface area contributed by atoms with E-state index in [0.29, 0.717) is 5.92 Å². The predicted molar refractivity (Wildman–Crippen MR) is 77.8 cm³/mol. The first-order valence-electron chi connectivity index (χ1n) is 7.19. The van der Waals surface area contributed by atoms with Crippen LogP contribution in [-0.2, 0) is 4.79 Å². The van der Waals surface area contributed by atoms with E-state index in [1.165, 1.54) is 5.56 Å². The maximum absolute atomic E-state index is 12.2. The zero-order chi connectivity index (χ0) is 13.8. The van der Waals surface area contributed by atoms with Gasteiger partial charge in [0, 0.05) is 13.1 Å². The van der Waals surface area contributed by atoms with Gasteiger partial charge in [-0.25, -0.2) is 0 Å². The van der Waals surface area contributed by atoms with Crippen LogP contribution >= 0.6 is 0 Å². The van der Waals surface area contributed by atoms with Gasteiger partial charge in [0.25, 0.3) is 0 Å². The average molecular weight is 260 g/mol. The van der Waals surface area contributed by atoms with Crippen LogP contribution in [0.15, 0.2) is 30.3 Å². The highest BCUT2D eigenvalue weighted by atomic mass is 16.2. The summed E-state index contributed by atoms with van der Waals surface area (Å²) in [5, 5.41) is 0. The molecule has 0 aromatic heterocycles. The fourth-order valence-electron chi connectivity index (χ4n) is 2.65. The van der Waals surface area contributed by atoms with E-state index in [0.717, 1.165) is 25.9 Å². The first-order chi connectivity index (χ1) is 9.09. The van der Waals surface area contributed by atoms with Gasteiger partial charge in [0.05, 0.1) is 6.04 Å². The van der Waals surface area contributed by atoms with Crippen LogP contribution in [0.1, 0.15) is 38.2 Å². The third-order valence-electron chi connectivity index (χ3n) is 4.08. The fraction of sp³-hybridized carbons (Fsp3) is 0.562. The van der Waals surface area contributed by atoms with Crippen molar-refractivity contribution in [2.45, 2.75) is 38.6 Å². The Hall–Kier alpha value is -1.35. The lowest BCUT2D eigenvalue weighted by Gasteiger charge is -2.34. The maximum Gasteiger partial charge on any atom is 0.239 e. The minimum atomic E-state index is -0.353. The molecule has 1 fully saturated rings. The van der Waals surface area contributed by atoms with Gasteiger partial charge in [-0.05, 0) is 30.2 Å². The number of piperidine rings is 1. The Morgan fingerprint density at radius 2 is 1.79 bits per heavy atom. The molecule has 1 aromatic carbocycles. The van der Waals surface area contributed by atoms with E-state index in [1.807, 2.05) is 24.8 Å². The van der Waals surface area contributed by atoms with Crippen LogP contribution in [0.25, 0.3) is 0 Å². The van der Waals surface area contributed by atoms with Crippen molar-refractivity contribution < 1.29 is 4.79 Å². The average Bonchev–Trinajstić information content (AvgIpc) is 2.46. The maximum atomic E-state index is 12.2. The van der Waals surface area contributed by atoms with Gasteiger partial charge in [-0.1, -0.05) is 44.2 Å². The van der Waals surface area contributed by atoms with E-state index < -0.39 is 0 Å². The zero-order valence-corrected chi connectivity index (χ0v) is 11.9. The van der Waals surface area contributed by atoms with Crippen LogP contribution in [0, 0.1) is 5.92 Å². The number of benzene rings is 1. The van der Waals surface area contributed by atoms with Crippen LogP contribution < -0.4 is 5.73 Å². The summed E-state index contributed by atoms with van der Waals surface area (Å²) in [4.78, 5) is 14.1. The first kappa shape index (κ1) is 14.1. The van der Waals surface area contributed by atoms with Crippen molar-refractivity contribution in [3.8, 4) is 0 Å². The van der Waals surface area contributed by atoms with Crippen LogP contribution in [-0.4, -0.2) is 29.9 Å². The first-order valence-corrected chi connectivity index (χ1v) is 7.19. The molecule has 3 nitrogen and oxygen atoms in total. The second-order valence-corrected chi connectivity index (χ2v) is 5.78. The summed E-state index contributed by atoms with van der Waals surface area (Å²) in [7, 11) is 0. The van der Waals surface area contributed by atoms with Crippen molar-refractivity contribution >= 4 is 5.91 Å². The molecular formula is C16H24N2O. The van der Waals surface area contributed by atoms with Crippen molar-refractivity contribution in [3.63, 3.8) is 0 Å². The van der Waals surface area contributed by atoms with Gasteiger partial charge in [0.15, 0.2) is 0 Å². The van der Waals surface area contributed by atoms with E-state index in [4.69, 9.17) is 5.73 Å². The summed E-state index contributed by atoms with van der Waals surface area (Å²) < 4.78 is 0. The highest BCUT2D eigenvalue weighted by Crippen LogP contribution is 2.28. The van der Waals surface area contributed by atoms with E-state index in [-0.39, 0.29) is 17.9 Å². The largest absolute Gasteiger partial charge is 0.341 e. The van der Waals surface area contributed by atoms with Gasteiger partial charge < -0.3 is 10.6 Å². The van der Waals surface area contributed by atoms with Crippen molar-refractivity contribution in [3.05, 3.63) is 35.9 Å². The molecule has 1 atom stereocenters. The van der Waals surface area contributed by atoms with Crippen molar-refractivity contribution in [2.24, 2.45) is 11.7 Å². The second kappa shape index (κ2) is 6.20. The topological polar surface area (TPSA) is 46.3 Å². The Kier molecular flexibility index (Phi) is 4.59. The molecule has 0 bridgehead atoms. The lowest BCUT2D eigenvalue weighted by atomic mass is 9.89. The monoisotopic (exact) mass is 260 g/mol. The fourth-order valence-corrected chi connectivity index (χ4v) is 2.65. The second-order valence-electron chi connectivity index (χ2n) is 5.78. The Morgan fingerprint density at radius 3 is 2.32 bits per heavy atom. The summed E-state index contributed by atoms with van der Waals surface area (Å²) in [6.07, 6.45) is 2.08. The molecule has 1 aromatic rings. The lowest BCUT2D eigenvalue weighted by molar-refractivity contribution is -0.134. The minimum absolute atomic E-state index is 0.113. The number of rotatable bonds is 3. The third kappa shape index (κ3) is 3.35. The van der Waals surface area contributed by atoms with Gasteiger partial charge in [-0.15, -0.1) is 0 Å². The summed E-state index contributed by atoms with van der Waals surface area (Å²) in [5.41, 5.74) is 7.34. The molecule has 0 spiro atoms. The van der Waals surface area contributed by atoms with Gasteiger partial charge in [-0.2, -0.15) is 0 Å². The Bertz CT molecular complexity index is 408. The predicted octanol–water partition coefficient (Wildman–Crippen LogP) is 2.38. The van der Waals surface area contributed by atoms with E-state index >= 15 is 0 Å². The normalized spacial score (nSPS) is 18.6. The summed E-state index contributed by atoms with van der Waals surface area (Å²) in [5.74, 6) is 0.904. The van der Waals surface area contributed by atoms with Crippen LogP contribution in [0.3, 0.4) is 0 Å². The number of carbonyl (C=O) groups excluding carboxylic acids is 1. The molecule has 1 aliphatic rings. The van der Waals surface area contributed by atoms with Gasteiger partial charge >= 0.3 is 0 Å². The molecule has 1 saturated heterocycles. The van der Waals surface area contributed by atoms with Gasteiger partial charge in [0.1, 0.15) is 0 Å². The number of amides is 1. The van der Waals surface area contributed by atoms with Crippen LogP contribution in [0.5, 0.6) is 0 Å². The van der Waals surface area contributed by atoms with E-state index in [1.54, 1.807) is 0 Å². The third-order valence-corrected chi connectivity index (χ3v) is 4.08. The number of carbonyl (C=O) groups is 1. The minimum Gasteiger partial charge on any atom is -0.341 e. The molecular weight excluding hydrogens is 236 g/mol. The van der Waals surface area contributed by atoms with Crippen molar-refractivity contribution in [1.29, 1.82) is 0 Å². The van der Waals surface area contributed by atoms with Crippen LogP contribution in [0.4, 0.5) is 0 Å². The molecule has 1 amide bonds. The van der Waals surface area contributed by atoms with Crippen molar-refractivity contribution in [1.82, 2.24) is 4.90 Å². The number of hydrogen-bond acceptors (Lipinski definition) is 2. The Balaban J connectivity index is 1.91. The Labute approximate surface area is 115 Å². The molecule has 3 heteroatoms. The smallest absolute Gasteiger partial charge is 0.239 e. The molecule has 0 unspecified atom stereocenters. The molecule has 1 heterocycles. The Morgan fingerprint density at radius 1 is 1.21 bits per heavy atom. The molecule has 0 aliphatic carbocycles. The zero-order valence-electron chi connectivity index (χ0n) is 11.9. The summed E-state index contributed by atoms with van der Waals surface area (Å²) in [6.45, 7) is 5.66. The van der Waals surface area contributed by atoms with E-state index in [9.17, 15) is 4.79 Å². The van der Waals surface area contributed by atoms with Crippen molar-refractivity contribution in [2.75, 3.05) is 13.1 Å². The molecule has 104 valence electrons. The quantitative estimate of drug-likeness (QED) is 0.907. The number of likely N-dealkylation sites (tertiary alicyclic amines) is 1. The van der Waals surface area contributed by atoms with Gasteiger partial charge in [-0.3, -0.25) is 4.79 Å². The standard InChI is InChI=1S/C16H24N2O/c1-12(2)15(17)16(19)18-10-8-14(9-11-18)13-6-4-3-5-7-13/h3-7,12,14-15H,8-11,17H2,1-2H3/t15-/m1/s1. The molecule has 0 radical (unpaired) electrons. The highest BCUT2D eigenvalue weighted by molar-refractivity contribution is 5.82. The van der Waals surface area contributed by atoms with Gasteiger partial charge in [0.2, 0.25) is 5.91 Å². The molecule has 2 N–H and O–H groups in total. The number of nitrogens with zero attached hydrogens (tertiary/aromatic N) is 1. The highest BCUT2D eigenvalue weighted by Gasteiger charge is 2.28. The molecule has 1 aliphatic heterocycles. The SMILES string of the molecule is CC(C)[C@@H](N)C(=O)N1CCC(c2ccccc2)CC1. The summed E-state index contributed by atoms with van der Waals surface area (Å²) >= 11 is 0. The van der Waals surface area contributed by atoms with Crippen LogP contribution in [0.2, 0.25) is 0 Å².